The molecule has 2 rings (SSSR count). The Balaban J connectivity index is 2.15. The van der Waals surface area contributed by atoms with Gasteiger partial charge in [-0.1, -0.05) is 25.1 Å². The summed E-state index contributed by atoms with van der Waals surface area (Å²) >= 11 is 0. The zero-order valence-corrected chi connectivity index (χ0v) is 11.7. The van der Waals surface area contributed by atoms with E-state index in [0.717, 1.165) is 11.1 Å². The molecular formula is C16H19NO3. The maximum atomic E-state index is 9.99. The van der Waals surface area contributed by atoms with Crippen molar-refractivity contribution >= 4 is 0 Å². The number of hydrogen-bond donors (Lipinski definition) is 1. The minimum absolute atomic E-state index is 0.352. The highest BCUT2D eigenvalue weighted by molar-refractivity contribution is 5.35. The van der Waals surface area contributed by atoms with Gasteiger partial charge in [0.2, 0.25) is 5.88 Å². The number of pyridine rings is 1. The molecule has 0 spiro atoms. The van der Waals surface area contributed by atoms with Crippen molar-refractivity contribution in [1.29, 1.82) is 0 Å². The van der Waals surface area contributed by atoms with Gasteiger partial charge < -0.3 is 14.6 Å². The van der Waals surface area contributed by atoms with Crippen molar-refractivity contribution in [1.82, 2.24) is 4.98 Å². The Labute approximate surface area is 119 Å². The normalized spacial score (nSPS) is 11.9. The molecule has 2 aromatic rings. The van der Waals surface area contributed by atoms with Crippen molar-refractivity contribution in [2.75, 3.05) is 7.11 Å². The lowest BCUT2D eigenvalue weighted by Crippen LogP contribution is -2.04. The molecule has 0 aliphatic rings. The van der Waals surface area contributed by atoms with Gasteiger partial charge in [0.15, 0.2) is 0 Å². The number of rotatable bonds is 6. The van der Waals surface area contributed by atoms with E-state index in [4.69, 9.17) is 9.47 Å². The lowest BCUT2D eigenvalue weighted by molar-refractivity contribution is 0.166. The van der Waals surface area contributed by atoms with E-state index >= 15 is 0 Å². The van der Waals surface area contributed by atoms with Crippen LogP contribution in [0.1, 0.15) is 30.6 Å². The molecule has 1 N–H and O–H groups in total. The van der Waals surface area contributed by atoms with E-state index in [1.54, 1.807) is 13.3 Å². The summed E-state index contributed by atoms with van der Waals surface area (Å²) in [5.74, 6) is 1.24. The smallest absolute Gasteiger partial charge is 0.219 e. The van der Waals surface area contributed by atoms with Crippen LogP contribution >= 0.6 is 0 Å². The molecule has 4 nitrogen and oxygen atoms in total. The summed E-state index contributed by atoms with van der Waals surface area (Å²) in [5.41, 5.74) is 1.67. The van der Waals surface area contributed by atoms with Gasteiger partial charge in [-0.15, -0.1) is 0 Å². The van der Waals surface area contributed by atoms with Crippen LogP contribution in [-0.2, 0) is 6.61 Å². The van der Waals surface area contributed by atoms with Crippen LogP contribution in [0.25, 0.3) is 0 Å². The highest BCUT2D eigenvalue weighted by Gasteiger charge is 2.12. The molecule has 0 aliphatic heterocycles. The molecule has 106 valence electrons. The van der Waals surface area contributed by atoms with Crippen molar-refractivity contribution in [3.05, 3.63) is 53.7 Å². The maximum Gasteiger partial charge on any atom is 0.219 e. The van der Waals surface area contributed by atoms with Crippen LogP contribution in [0.2, 0.25) is 0 Å². The van der Waals surface area contributed by atoms with Gasteiger partial charge in [0.05, 0.1) is 18.8 Å². The molecule has 0 radical (unpaired) electrons. The van der Waals surface area contributed by atoms with Crippen molar-refractivity contribution < 1.29 is 14.6 Å². The number of benzene rings is 1. The Morgan fingerprint density at radius 2 is 2.00 bits per heavy atom. The second-order valence-electron chi connectivity index (χ2n) is 4.42. The fourth-order valence-electron chi connectivity index (χ4n) is 1.98. The third kappa shape index (κ3) is 3.27. The van der Waals surface area contributed by atoms with Gasteiger partial charge in [0.25, 0.3) is 0 Å². The zero-order chi connectivity index (χ0) is 14.4. The first-order chi connectivity index (χ1) is 9.76. The van der Waals surface area contributed by atoms with Crippen molar-refractivity contribution in [3.8, 4) is 11.6 Å². The lowest BCUT2D eigenvalue weighted by atomic mass is 10.1. The van der Waals surface area contributed by atoms with E-state index in [1.807, 2.05) is 43.3 Å². The summed E-state index contributed by atoms with van der Waals surface area (Å²) < 4.78 is 11.0. The zero-order valence-electron chi connectivity index (χ0n) is 11.7. The third-order valence-electron chi connectivity index (χ3n) is 3.09. The standard InChI is InChI=1S/C16H19NO3/c1-3-14(18)13-8-4-5-9-15(13)20-11-12-7-6-10-17-16(12)19-2/h4-10,14,18H,3,11H2,1-2H3. The summed E-state index contributed by atoms with van der Waals surface area (Å²) in [7, 11) is 1.58. The Hall–Kier alpha value is -2.07. The number of ether oxygens (including phenoxy) is 2. The Kier molecular flexibility index (Phi) is 4.96. The van der Waals surface area contributed by atoms with Crippen LogP contribution in [0.4, 0.5) is 0 Å². The van der Waals surface area contributed by atoms with Crippen LogP contribution in [0, 0.1) is 0 Å². The monoisotopic (exact) mass is 273 g/mol. The molecule has 20 heavy (non-hydrogen) atoms. The molecule has 0 aliphatic carbocycles. The molecule has 1 unspecified atom stereocenters. The van der Waals surface area contributed by atoms with Crippen molar-refractivity contribution in [2.45, 2.75) is 26.1 Å². The fraction of sp³-hybridized carbons (Fsp3) is 0.312. The van der Waals surface area contributed by atoms with Crippen LogP contribution in [0.3, 0.4) is 0 Å². The molecule has 0 amide bonds. The van der Waals surface area contributed by atoms with Crippen molar-refractivity contribution in [2.24, 2.45) is 0 Å². The van der Waals surface area contributed by atoms with Gasteiger partial charge in [-0.25, -0.2) is 4.98 Å². The summed E-state index contributed by atoms with van der Waals surface area (Å²) in [5, 5.41) is 9.99. The minimum atomic E-state index is -0.512. The first-order valence-electron chi connectivity index (χ1n) is 6.64. The van der Waals surface area contributed by atoms with Gasteiger partial charge >= 0.3 is 0 Å². The molecule has 1 aromatic heterocycles. The Bertz CT molecular complexity index is 557. The minimum Gasteiger partial charge on any atom is -0.488 e. The van der Waals surface area contributed by atoms with Gasteiger partial charge in [-0.05, 0) is 24.6 Å². The Morgan fingerprint density at radius 3 is 2.75 bits per heavy atom. The molecule has 4 heteroatoms. The molecule has 1 atom stereocenters. The van der Waals surface area contributed by atoms with E-state index in [9.17, 15) is 5.11 Å². The molecule has 0 saturated heterocycles. The molecule has 0 fully saturated rings. The second-order valence-corrected chi connectivity index (χ2v) is 4.42. The van der Waals surface area contributed by atoms with Gasteiger partial charge in [-0.2, -0.15) is 0 Å². The predicted octanol–water partition coefficient (Wildman–Crippen LogP) is 3.11. The second kappa shape index (κ2) is 6.91. The third-order valence-corrected chi connectivity index (χ3v) is 3.09. The van der Waals surface area contributed by atoms with Gasteiger partial charge in [-0.3, -0.25) is 0 Å². The van der Waals surface area contributed by atoms with Crippen LogP contribution in [0.15, 0.2) is 42.6 Å². The molecule has 0 saturated carbocycles. The number of hydrogen-bond acceptors (Lipinski definition) is 4. The number of methoxy groups -OCH3 is 1. The molecular weight excluding hydrogens is 254 g/mol. The van der Waals surface area contributed by atoms with E-state index in [2.05, 4.69) is 4.98 Å². The van der Waals surface area contributed by atoms with Crippen LogP contribution in [0.5, 0.6) is 11.6 Å². The van der Waals surface area contributed by atoms with Crippen LogP contribution in [-0.4, -0.2) is 17.2 Å². The predicted molar refractivity (Wildman–Crippen MR) is 76.8 cm³/mol. The highest BCUT2D eigenvalue weighted by Crippen LogP contribution is 2.28. The average Bonchev–Trinajstić information content (AvgIpc) is 2.52. The van der Waals surface area contributed by atoms with E-state index in [-0.39, 0.29) is 0 Å². The van der Waals surface area contributed by atoms with Gasteiger partial charge in [0, 0.05) is 11.8 Å². The van der Waals surface area contributed by atoms with E-state index in [0.29, 0.717) is 24.7 Å². The average molecular weight is 273 g/mol. The number of aliphatic hydroxyl groups excluding tert-OH is 1. The number of para-hydroxylation sites is 1. The Morgan fingerprint density at radius 1 is 1.20 bits per heavy atom. The van der Waals surface area contributed by atoms with E-state index in [1.165, 1.54) is 0 Å². The summed E-state index contributed by atoms with van der Waals surface area (Å²) in [6.45, 7) is 2.29. The lowest BCUT2D eigenvalue weighted by Gasteiger charge is -2.15. The highest BCUT2D eigenvalue weighted by atomic mass is 16.5. The SMILES string of the molecule is CCC(O)c1ccccc1OCc1cccnc1OC. The first kappa shape index (κ1) is 14.3. The molecule has 1 aromatic carbocycles. The number of aromatic nitrogens is 1. The van der Waals surface area contributed by atoms with Gasteiger partial charge in [0.1, 0.15) is 12.4 Å². The quantitative estimate of drug-likeness (QED) is 0.878. The van der Waals surface area contributed by atoms with E-state index < -0.39 is 6.10 Å². The summed E-state index contributed by atoms with van der Waals surface area (Å²) in [6, 6.07) is 11.3. The number of aliphatic hydroxyl groups is 1. The topological polar surface area (TPSA) is 51.6 Å². The summed E-state index contributed by atoms with van der Waals surface area (Å²) in [6.07, 6.45) is 1.82. The van der Waals surface area contributed by atoms with Crippen molar-refractivity contribution in [3.63, 3.8) is 0 Å². The number of nitrogens with zero attached hydrogens (tertiary/aromatic N) is 1. The molecule has 1 heterocycles. The van der Waals surface area contributed by atoms with Crippen LogP contribution < -0.4 is 9.47 Å². The largest absolute Gasteiger partial charge is 0.488 e. The molecule has 0 bridgehead atoms. The first-order valence-corrected chi connectivity index (χ1v) is 6.64. The summed E-state index contributed by atoms with van der Waals surface area (Å²) in [4.78, 5) is 4.13. The fourth-order valence-corrected chi connectivity index (χ4v) is 1.98. The maximum absolute atomic E-state index is 9.99.